The minimum atomic E-state index is -3.55. The van der Waals surface area contributed by atoms with Crippen LogP contribution in [0.1, 0.15) is 64.8 Å². The number of amides is 1. The third kappa shape index (κ3) is 4.54. The number of sulfonamides is 1. The van der Waals surface area contributed by atoms with Crippen molar-refractivity contribution in [2.45, 2.75) is 57.9 Å². The van der Waals surface area contributed by atoms with Crippen molar-refractivity contribution < 1.29 is 13.2 Å². The van der Waals surface area contributed by atoms with Crippen LogP contribution in [0.3, 0.4) is 0 Å². The number of carbonyl (C=O) groups is 1. The quantitative estimate of drug-likeness (QED) is 0.767. The molecule has 29 heavy (non-hydrogen) atoms. The molecule has 1 atom stereocenters. The maximum absolute atomic E-state index is 13.0. The van der Waals surface area contributed by atoms with E-state index in [0.29, 0.717) is 18.7 Å². The highest BCUT2D eigenvalue weighted by Gasteiger charge is 2.28. The summed E-state index contributed by atoms with van der Waals surface area (Å²) in [6.45, 7) is 9.07. The first kappa shape index (κ1) is 21.5. The van der Waals surface area contributed by atoms with Crippen molar-refractivity contribution >= 4 is 15.9 Å². The molecule has 2 aromatic rings. The van der Waals surface area contributed by atoms with Gasteiger partial charge in [-0.3, -0.25) is 4.79 Å². The van der Waals surface area contributed by atoms with Crippen LogP contribution < -0.4 is 5.32 Å². The van der Waals surface area contributed by atoms with E-state index in [2.05, 4.69) is 31.3 Å². The van der Waals surface area contributed by atoms with E-state index >= 15 is 0 Å². The molecule has 156 valence electrons. The number of hydrogen-bond donors (Lipinski definition) is 1. The molecule has 1 aliphatic heterocycles. The molecule has 1 saturated heterocycles. The third-order valence-corrected chi connectivity index (χ3v) is 7.70. The number of aryl methyl sites for hydroxylation is 3. The van der Waals surface area contributed by atoms with Gasteiger partial charge in [0, 0.05) is 18.7 Å². The molecule has 2 aromatic carbocycles. The minimum Gasteiger partial charge on any atom is -0.345 e. The molecule has 1 aliphatic rings. The topological polar surface area (TPSA) is 66.5 Å². The predicted molar refractivity (Wildman–Crippen MR) is 116 cm³/mol. The lowest BCUT2D eigenvalue weighted by atomic mass is 9.99. The number of benzene rings is 2. The zero-order chi connectivity index (χ0) is 21.2. The molecule has 0 saturated carbocycles. The normalized spacial score (nSPS) is 16.0. The Morgan fingerprint density at radius 2 is 1.66 bits per heavy atom. The second kappa shape index (κ2) is 8.67. The Balaban J connectivity index is 1.87. The van der Waals surface area contributed by atoms with Crippen molar-refractivity contribution in [1.29, 1.82) is 0 Å². The van der Waals surface area contributed by atoms with Crippen LogP contribution in [0.4, 0.5) is 0 Å². The molecule has 1 amide bonds. The van der Waals surface area contributed by atoms with E-state index in [1.807, 2.05) is 19.9 Å². The van der Waals surface area contributed by atoms with Crippen LogP contribution in [0.25, 0.3) is 0 Å². The average molecular weight is 415 g/mol. The molecule has 1 heterocycles. The molecule has 0 aromatic heterocycles. The Morgan fingerprint density at radius 3 is 2.28 bits per heavy atom. The summed E-state index contributed by atoms with van der Waals surface area (Å²) in [5, 5.41) is 3.09. The van der Waals surface area contributed by atoms with Gasteiger partial charge < -0.3 is 5.32 Å². The standard InChI is InChI=1S/C23H30N2O3S/c1-5-22(19-10-8-16(2)18(4)14-19)24-23(26)21-15-20(11-9-17(21)3)29(27,28)25-12-6-7-13-25/h8-11,14-15,22H,5-7,12-13H2,1-4H3,(H,24,26). The Labute approximate surface area is 174 Å². The molecular formula is C23H30N2O3S. The molecule has 1 N–H and O–H groups in total. The number of nitrogens with zero attached hydrogens (tertiary/aromatic N) is 1. The number of hydrogen-bond acceptors (Lipinski definition) is 3. The first-order valence-electron chi connectivity index (χ1n) is 10.2. The Hall–Kier alpha value is -2.18. The van der Waals surface area contributed by atoms with Gasteiger partial charge in [0.25, 0.3) is 5.91 Å². The van der Waals surface area contributed by atoms with Crippen LogP contribution in [0.5, 0.6) is 0 Å². The fourth-order valence-electron chi connectivity index (χ4n) is 3.72. The van der Waals surface area contributed by atoms with Crippen LogP contribution in [-0.4, -0.2) is 31.7 Å². The van der Waals surface area contributed by atoms with E-state index in [-0.39, 0.29) is 16.8 Å². The van der Waals surface area contributed by atoms with Crippen LogP contribution in [0.2, 0.25) is 0 Å². The van der Waals surface area contributed by atoms with Gasteiger partial charge in [-0.25, -0.2) is 8.42 Å². The van der Waals surface area contributed by atoms with Gasteiger partial charge in [-0.15, -0.1) is 0 Å². The molecule has 0 bridgehead atoms. The maximum atomic E-state index is 13.0. The monoisotopic (exact) mass is 414 g/mol. The number of nitrogens with one attached hydrogen (secondary N) is 1. The molecular weight excluding hydrogens is 384 g/mol. The van der Waals surface area contributed by atoms with Gasteiger partial charge in [-0.2, -0.15) is 4.31 Å². The molecule has 0 radical (unpaired) electrons. The molecule has 0 aliphatic carbocycles. The summed E-state index contributed by atoms with van der Waals surface area (Å²) in [4.78, 5) is 13.2. The van der Waals surface area contributed by atoms with E-state index in [1.54, 1.807) is 12.1 Å². The van der Waals surface area contributed by atoms with E-state index in [4.69, 9.17) is 0 Å². The lowest BCUT2D eigenvalue weighted by Crippen LogP contribution is -2.30. The van der Waals surface area contributed by atoms with Crippen molar-refractivity contribution in [3.8, 4) is 0 Å². The van der Waals surface area contributed by atoms with Gasteiger partial charge in [0.2, 0.25) is 10.0 Å². The minimum absolute atomic E-state index is 0.125. The molecule has 3 rings (SSSR count). The van der Waals surface area contributed by atoms with Crippen molar-refractivity contribution in [2.75, 3.05) is 13.1 Å². The SMILES string of the molecule is CCC(NC(=O)c1cc(S(=O)(=O)N2CCCC2)ccc1C)c1ccc(C)c(C)c1. The van der Waals surface area contributed by atoms with Gasteiger partial charge in [-0.05, 0) is 74.4 Å². The van der Waals surface area contributed by atoms with Crippen LogP contribution in [0.15, 0.2) is 41.3 Å². The second-order valence-electron chi connectivity index (χ2n) is 7.87. The van der Waals surface area contributed by atoms with E-state index in [9.17, 15) is 13.2 Å². The molecule has 1 unspecified atom stereocenters. The highest BCUT2D eigenvalue weighted by Crippen LogP contribution is 2.25. The lowest BCUT2D eigenvalue weighted by Gasteiger charge is -2.20. The summed E-state index contributed by atoms with van der Waals surface area (Å²) in [7, 11) is -3.55. The summed E-state index contributed by atoms with van der Waals surface area (Å²) in [5.41, 5.74) is 4.63. The van der Waals surface area contributed by atoms with Crippen LogP contribution >= 0.6 is 0 Å². The summed E-state index contributed by atoms with van der Waals surface area (Å²) >= 11 is 0. The Morgan fingerprint density at radius 1 is 1.00 bits per heavy atom. The number of rotatable bonds is 6. The first-order valence-corrected chi connectivity index (χ1v) is 11.7. The number of carbonyl (C=O) groups excluding carboxylic acids is 1. The lowest BCUT2D eigenvalue weighted by molar-refractivity contribution is 0.0934. The summed E-state index contributed by atoms with van der Waals surface area (Å²) < 4.78 is 27.3. The molecule has 0 spiro atoms. The first-order chi connectivity index (χ1) is 13.7. The highest BCUT2D eigenvalue weighted by molar-refractivity contribution is 7.89. The summed E-state index contributed by atoms with van der Waals surface area (Å²) in [6, 6.07) is 10.9. The molecule has 6 heteroatoms. The van der Waals surface area contributed by atoms with Crippen molar-refractivity contribution in [1.82, 2.24) is 9.62 Å². The van der Waals surface area contributed by atoms with Gasteiger partial charge in [0.1, 0.15) is 0 Å². The van der Waals surface area contributed by atoms with E-state index in [1.165, 1.54) is 21.5 Å². The summed E-state index contributed by atoms with van der Waals surface area (Å²) in [6.07, 6.45) is 2.51. The smallest absolute Gasteiger partial charge is 0.252 e. The Bertz CT molecular complexity index is 1010. The zero-order valence-electron chi connectivity index (χ0n) is 17.7. The van der Waals surface area contributed by atoms with Crippen molar-refractivity contribution in [3.63, 3.8) is 0 Å². The van der Waals surface area contributed by atoms with Crippen LogP contribution in [-0.2, 0) is 10.0 Å². The van der Waals surface area contributed by atoms with E-state index in [0.717, 1.165) is 30.4 Å². The van der Waals surface area contributed by atoms with Gasteiger partial charge >= 0.3 is 0 Å². The fourth-order valence-corrected chi connectivity index (χ4v) is 5.27. The van der Waals surface area contributed by atoms with Gasteiger partial charge in [0.15, 0.2) is 0 Å². The fraction of sp³-hybridized carbons (Fsp3) is 0.435. The second-order valence-corrected chi connectivity index (χ2v) is 9.80. The van der Waals surface area contributed by atoms with Gasteiger partial charge in [0.05, 0.1) is 10.9 Å². The van der Waals surface area contributed by atoms with Crippen molar-refractivity contribution in [3.05, 3.63) is 64.2 Å². The predicted octanol–water partition coefficient (Wildman–Crippen LogP) is 4.28. The zero-order valence-corrected chi connectivity index (χ0v) is 18.5. The van der Waals surface area contributed by atoms with Crippen molar-refractivity contribution in [2.24, 2.45) is 0 Å². The maximum Gasteiger partial charge on any atom is 0.252 e. The van der Waals surface area contributed by atoms with Crippen LogP contribution in [0, 0.1) is 20.8 Å². The Kier molecular flexibility index (Phi) is 6.44. The van der Waals surface area contributed by atoms with E-state index < -0.39 is 10.0 Å². The largest absolute Gasteiger partial charge is 0.345 e. The third-order valence-electron chi connectivity index (χ3n) is 5.80. The highest BCUT2D eigenvalue weighted by atomic mass is 32.2. The summed E-state index contributed by atoms with van der Waals surface area (Å²) in [5.74, 6) is -0.244. The molecule has 5 nitrogen and oxygen atoms in total. The average Bonchev–Trinajstić information content (AvgIpc) is 3.24. The molecule has 1 fully saturated rings. The van der Waals surface area contributed by atoms with Gasteiger partial charge in [-0.1, -0.05) is 31.2 Å².